The van der Waals surface area contributed by atoms with Crippen LogP contribution in [0.1, 0.15) is 39.9 Å². The van der Waals surface area contributed by atoms with Crippen LogP contribution in [0.25, 0.3) is 0 Å². The number of amides is 1. The number of aryl methyl sites for hydroxylation is 1. The van der Waals surface area contributed by atoms with Crippen LogP contribution < -0.4 is 0 Å². The van der Waals surface area contributed by atoms with Crippen LogP contribution in [0.2, 0.25) is 0 Å². The molecular weight excluding hydrogens is 298 g/mol. The van der Waals surface area contributed by atoms with Gasteiger partial charge in [0.1, 0.15) is 0 Å². The zero-order chi connectivity index (χ0) is 13.7. The van der Waals surface area contributed by atoms with E-state index in [0.29, 0.717) is 12.4 Å². The molecule has 19 heavy (non-hydrogen) atoms. The maximum Gasteiger partial charge on any atom is 0.263 e. The number of unbranched alkanes of at least 4 members (excludes halogenated alkanes) is 1. The average molecular weight is 318 g/mol. The van der Waals surface area contributed by atoms with Gasteiger partial charge in [-0.25, -0.2) is 0 Å². The number of fused-ring (bicyclic) bond motifs is 1. The highest BCUT2D eigenvalue weighted by Gasteiger charge is 2.21. The molecule has 1 aromatic rings. The smallest absolute Gasteiger partial charge is 0.263 e. The highest BCUT2D eigenvalue weighted by molar-refractivity contribution is 7.98. The van der Waals surface area contributed by atoms with Crippen molar-refractivity contribution < 1.29 is 4.79 Å². The Bertz CT molecular complexity index is 410. The Morgan fingerprint density at radius 2 is 2.32 bits per heavy atom. The fourth-order valence-corrected chi connectivity index (χ4v) is 4.72. The minimum Gasteiger partial charge on any atom is -0.337 e. The Kier molecular flexibility index (Phi) is 6.05. The molecule has 1 aromatic heterocycles. The van der Waals surface area contributed by atoms with E-state index in [1.165, 1.54) is 16.2 Å². The summed E-state index contributed by atoms with van der Waals surface area (Å²) in [5.74, 6) is 2.92. The number of halogens is 1. The number of carbonyl (C=O) groups excluding carboxylic acids is 1. The zero-order valence-corrected chi connectivity index (χ0v) is 13.7. The van der Waals surface area contributed by atoms with Crippen molar-refractivity contribution in [2.24, 2.45) is 0 Å². The van der Waals surface area contributed by atoms with E-state index < -0.39 is 0 Å². The van der Waals surface area contributed by atoms with E-state index in [2.05, 4.69) is 13.0 Å². The SMILES string of the molecule is CCCCN(CCCl)C(=O)c1cc2c(s1)CCSC2. The number of thiophene rings is 1. The first-order chi connectivity index (χ1) is 9.26. The summed E-state index contributed by atoms with van der Waals surface area (Å²) in [6.07, 6.45) is 3.26. The summed E-state index contributed by atoms with van der Waals surface area (Å²) in [6, 6.07) is 2.10. The molecule has 2 heterocycles. The van der Waals surface area contributed by atoms with Crippen LogP contribution in [0.5, 0.6) is 0 Å². The fraction of sp³-hybridized carbons (Fsp3) is 0.643. The van der Waals surface area contributed by atoms with Crippen molar-refractivity contribution in [1.29, 1.82) is 0 Å². The third kappa shape index (κ3) is 3.89. The monoisotopic (exact) mass is 317 g/mol. The first kappa shape index (κ1) is 15.2. The Balaban J connectivity index is 2.09. The van der Waals surface area contributed by atoms with Crippen molar-refractivity contribution in [1.82, 2.24) is 4.90 Å². The minimum absolute atomic E-state index is 0.165. The number of hydrogen-bond donors (Lipinski definition) is 0. The van der Waals surface area contributed by atoms with Crippen molar-refractivity contribution >= 4 is 40.6 Å². The number of nitrogens with zero attached hydrogens (tertiary/aromatic N) is 1. The number of thioether (sulfide) groups is 1. The largest absolute Gasteiger partial charge is 0.337 e. The van der Waals surface area contributed by atoms with Crippen LogP contribution in [-0.2, 0) is 12.2 Å². The second kappa shape index (κ2) is 7.55. The van der Waals surface area contributed by atoms with E-state index >= 15 is 0 Å². The normalized spacial score (nSPS) is 14.2. The molecule has 2 nitrogen and oxygen atoms in total. The lowest BCUT2D eigenvalue weighted by molar-refractivity contribution is 0.0768. The van der Waals surface area contributed by atoms with Crippen molar-refractivity contribution in [2.45, 2.75) is 31.9 Å². The van der Waals surface area contributed by atoms with E-state index in [1.807, 2.05) is 16.7 Å². The molecule has 0 saturated carbocycles. The van der Waals surface area contributed by atoms with Crippen molar-refractivity contribution in [2.75, 3.05) is 24.7 Å². The molecule has 0 spiro atoms. The molecule has 0 atom stereocenters. The molecule has 0 aliphatic carbocycles. The molecule has 1 aliphatic heterocycles. The highest BCUT2D eigenvalue weighted by Crippen LogP contribution is 2.32. The minimum atomic E-state index is 0.165. The predicted octanol–water partition coefficient (Wildman–Crippen LogP) is 4.02. The fourth-order valence-electron chi connectivity index (χ4n) is 2.17. The molecule has 0 aromatic carbocycles. The van der Waals surface area contributed by atoms with Crippen LogP contribution >= 0.6 is 34.7 Å². The molecule has 106 valence electrons. The molecular formula is C14H20ClNOS2. The Hall–Kier alpha value is -0.190. The summed E-state index contributed by atoms with van der Waals surface area (Å²) in [7, 11) is 0. The number of hydrogen-bond acceptors (Lipinski definition) is 3. The molecule has 0 unspecified atom stereocenters. The zero-order valence-electron chi connectivity index (χ0n) is 11.3. The average Bonchev–Trinajstić information content (AvgIpc) is 2.86. The van der Waals surface area contributed by atoms with Gasteiger partial charge in [0, 0.05) is 29.6 Å². The summed E-state index contributed by atoms with van der Waals surface area (Å²) in [5.41, 5.74) is 1.37. The maximum absolute atomic E-state index is 12.5. The Morgan fingerprint density at radius 1 is 1.47 bits per heavy atom. The van der Waals surface area contributed by atoms with Gasteiger partial charge in [-0.3, -0.25) is 4.79 Å². The molecule has 0 bridgehead atoms. The van der Waals surface area contributed by atoms with Gasteiger partial charge >= 0.3 is 0 Å². The number of rotatable bonds is 6. The van der Waals surface area contributed by atoms with Gasteiger partial charge in [0.2, 0.25) is 0 Å². The van der Waals surface area contributed by atoms with E-state index in [9.17, 15) is 4.79 Å². The Morgan fingerprint density at radius 3 is 3.00 bits per heavy atom. The van der Waals surface area contributed by atoms with E-state index in [1.54, 1.807) is 11.3 Å². The lowest BCUT2D eigenvalue weighted by atomic mass is 10.2. The van der Waals surface area contributed by atoms with Crippen LogP contribution in [-0.4, -0.2) is 35.5 Å². The maximum atomic E-state index is 12.5. The first-order valence-corrected chi connectivity index (χ1v) is 9.31. The van der Waals surface area contributed by atoms with E-state index in [4.69, 9.17) is 11.6 Å². The third-order valence-electron chi connectivity index (χ3n) is 3.26. The topological polar surface area (TPSA) is 20.3 Å². The van der Waals surface area contributed by atoms with Gasteiger partial charge in [-0.2, -0.15) is 11.8 Å². The second-order valence-electron chi connectivity index (χ2n) is 4.70. The van der Waals surface area contributed by atoms with Crippen LogP contribution in [0.3, 0.4) is 0 Å². The second-order valence-corrected chi connectivity index (χ2v) is 7.32. The van der Waals surface area contributed by atoms with Crippen molar-refractivity contribution in [3.05, 3.63) is 21.4 Å². The third-order valence-corrected chi connectivity index (χ3v) is 5.66. The van der Waals surface area contributed by atoms with Gasteiger partial charge in [0.25, 0.3) is 5.91 Å². The number of carbonyl (C=O) groups is 1. The molecule has 0 radical (unpaired) electrons. The summed E-state index contributed by atoms with van der Waals surface area (Å²) in [6.45, 7) is 3.61. The molecule has 0 N–H and O–H groups in total. The van der Waals surface area contributed by atoms with E-state index in [0.717, 1.165) is 36.4 Å². The van der Waals surface area contributed by atoms with Crippen molar-refractivity contribution in [3.63, 3.8) is 0 Å². The molecule has 0 saturated heterocycles. The van der Waals surface area contributed by atoms with Gasteiger partial charge in [-0.15, -0.1) is 22.9 Å². The predicted molar refractivity (Wildman–Crippen MR) is 85.7 cm³/mol. The van der Waals surface area contributed by atoms with Gasteiger partial charge in [-0.1, -0.05) is 13.3 Å². The molecule has 0 fully saturated rings. The summed E-state index contributed by atoms with van der Waals surface area (Å²) in [4.78, 5) is 16.7. The molecule has 5 heteroatoms. The van der Waals surface area contributed by atoms with Gasteiger partial charge in [0.15, 0.2) is 0 Å². The van der Waals surface area contributed by atoms with E-state index in [-0.39, 0.29) is 5.91 Å². The Labute approximate surface area is 128 Å². The van der Waals surface area contributed by atoms with Gasteiger partial charge in [0.05, 0.1) is 4.88 Å². The van der Waals surface area contributed by atoms with Crippen molar-refractivity contribution in [3.8, 4) is 0 Å². The van der Waals surface area contributed by atoms with Gasteiger partial charge in [-0.05, 0) is 30.2 Å². The molecule has 1 amide bonds. The lowest BCUT2D eigenvalue weighted by Gasteiger charge is -2.20. The summed E-state index contributed by atoms with van der Waals surface area (Å²) >= 11 is 9.45. The quantitative estimate of drug-likeness (QED) is 0.739. The summed E-state index contributed by atoms with van der Waals surface area (Å²) in [5, 5.41) is 0. The first-order valence-electron chi connectivity index (χ1n) is 6.80. The molecule has 1 aliphatic rings. The number of alkyl halides is 1. The summed E-state index contributed by atoms with van der Waals surface area (Å²) < 4.78 is 0. The standard InChI is InChI=1S/C14H20ClNOS2/c1-2-3-6-16(7-5-15)14(17)13-9-11-10-18-8-4-12(11)19-13/h9H,2-8,10H2,1H3. The van der Waals surface area contributed by atoms with Gasteiger partial charge < -0.3 is 4.90 Å². The van der Waals surface area contributed by atoms with Crippen LogP contribution in [0, 0.1) is 0 Å². The highest BCUT2D eigenvalue weighted by atomic mass is 35.5. The van der Waals surface area contributed by atoms with Crippen LogP contribution in [0.4, 0.5) is 0 Å². The lowest BCUT2D eigenvalue weighted by Crippen LogP contribution is -2.33. The molecule has 2 rings (SSSR count). The van der Waals surface area contributed by atoms with Crippen LogP contribution in [0.15, 0.2) is 6.07 Å².